The van der Waals surface area contributed by atoms with Crippen LogP contribution in [0, 0.1) is 11.6 Å². The van der Waals surface area contributed by atoms with Crippen molar-refractivity contribution in [3.63, 3.8) is 0 Å². The smallest absolute Gasteiger partial charge is 0.276 e. The quantitative estimate of drug-likeness (QED) is 0.826. The van der Waals surface area contributed by atoms with E-state index in [0.29, 0.717) is 0 Å². The second kappa shape index (κ2) is 5.27. The molecule has 1 aromatic carbocycles. The van der Waals surface area contributed by atoms with E-state index in [1.807, 2.05) is 0 Å². The summed E-state index contributed by atoms with van der Waals surface area (Å²) < 4.78 is 65.0. The molecule has 16 heavy (non-hydrogen) atoms. The third kappa shape index (κ3) is 2.83. The fourth-order valence-electron chi connectivity index (χ4n) is 0.920. The van der Waals surface area contributed by atoms with Gasteiger partial charge in [0, 0.05) is 4.47 Å². The molecule has 1 aromatic rings. The molecule has 1 rings (SSSR count). The van der Waals surface area contributed by atoms with Crippen molar-refractivity contribution in [3.8, 4) is 0 Å². The summed E-state index contributed by atoms with van der Waals surface area (Å²) in [5.74, 6) is -2.48. The molecule has 0 amide bonds. The fraction of sp³-hybridized carbons (Fsp3) is 0. The number of nitrogens with zero attached hydrogens (tertiary/aromatic N) is 1. The van der Waals surface area contributed by atoms with E-state index in [-0.39, 0.29) is 8.18 Å². The van der Waals surface area contributed by atoms with Crippen LogP contribution in [0.1, 0.15) is 0 Å². The average molecular weight is 336 g/mol. The summed E-state index contributed by atoms with van der Waals surface area (Å²) in [4.78, 5) is 0. The van der Waals surface area contributed by atoms with Crippen molar-refractivity contribution in [2.45, 2.75) is 0 Å². The Morgan fingerprint density at radius 1 is 1.12 bits per heavy atom. The van der Waals surface area contributed by atoms with Gasteiger partial charge in [-0.25, -0.2) is 17.2 Å². The van der Waals surface area contributed by atoms with Crippen molar-refractivity contribution >= 4 is 44.2 Å². The lowest BCUT2D eigenvalue weighted by Crippen LogP contribution is -2.28. The van der Waals surface area contributed by atoms with Crippen LogP contribution >= 0.6 is 15.9 Å². The minimum Gasteiger partial charge on any atom is -0.288 e. The average Bonchev–Trinajstić information content (AvgIpc) is 2.09. The first-order valence-electron chi connectivity index (χ1n) is 3.51. The highest BCUT2D eigenvalue weighted by molar-refractivity contribution is 9.10. The van der Waals surface area contributed by atoms with Crippen LogP contribution in [0.5, 0.6) is 0 Å². The van der Waals surface area contributed by atoms with Gasteiger partial charge in [-0.2, -0.15) is 3.71 Å². The van der Waals surface area contributed by atoms with Gasteiger partial charge in [0.1, 0.15) is 5.69 Å². The maximum atomic E-state index is 13.3. The number of halogens is 3. The first-order chi connectivity index (χ1) is 7.34. The van der Waals surface area contributed by atoms with E-state index < -0.39 is 39.9 Å². The molecule has 10 heteroatoms. The summed E-state index contributed by atoms with van der Waals surface area (Å²) in [6.45, 7) is 0. The monoisotopic (exact) mass is 335 g/mol. The molecule has 0 fully saturated rings. The zero-order valence-electron chi connectivity index (χ0n) is 7.26. The molecular formula is C6H4BrF2NO4S2. The Balaban J connectivity index is 3.41. The van der Waals surface area contributed by atoms with E-state index in [4.69, 9.17) is 9.11 Å². The molecule has 0 aliphatic heterocycles. The highest BCUT2D eigenvalue weighted by atomic mass is 79.9. The summed E-state index contributed by atoms with van der Waals surface area (Å²) >= 11 is -3.25. The lowest BCUT2D eigenvalue weighted by molar-refractivity contribution is 0.540. The van der Waals surface area contributed by atoms with E-state index in [2.05, 4.69) is 15.9 Å². The molecule has 0 aliphatic rings. The van der Waals surface area contributed by atoms with E-state index in [9.17, 15) is 17.2 Å². The Labute approximate surface area is 102 Å². The first-order valence-corrected chi connectivity index (χ1v) is 6.43. The Morgan fingerprint density at radius 3 is 1.81 bits per heavy atom. The van der Waals surface area contributed by atoms with Crippen molar-refractivity contribution in [2.24, 2.45) is 0 Å². The number of anilines is 1. The Kier molecular flexibility index (Phi) is 4.50. The number of rotatable bonds is 3. The highest BCUT2D eigenvalue weighted by Gasteiger charge is 2.26. The molecule has 0 bridgehead atoms. The zero-order chi connectivity index (χ0) is 12.5. The Morgan fingerprint density at radius 2 is 1.50 bits per heavy atom. The van der Waals surface area contributed by atoms with Crippen molar-refractivity contribution in [1.29, 1.82) is 0 Å². The van der Waals surface area contributed by atoms with Gasteiger partial charge in [0.2, 0.25) is 0 Å². The molecule has 0 saturated carbocycles. The van der Waals surface area contributed by atoms with Gasteiger partial charge in [-0.15, -0.1) is 0 Å². The Bertz CT molecular complexity index is 435. The van der Waals surface area contributed by atoms with Crippen LogP contribution in [0.2, 0.25) is 0 Å². The van der Waals surface area contributed by atoms with Gasteiger partial charge in [-0.05, 0) is 12.1 Å². The summed E-state index contributed by atoms with van der Waals surface area (Å²) in [5.41, 5.74) is -1.05. The first kappa shape index (κ1) is 13.6. The molecule has 0 aromatic heterocycles. The van der Waals surface area contributed by atoms with Crippen molar-refractivity contribution < 1.29 is 26.3 Å². The molecule has 2 unspecified atom stereocenters. The Hall–Kier alpha value is -0.420. The predicted octanol–water partition coefficient (Wildman–Crippen LogP) is 1.81. The van der Waals surface area contributed by atoms with Gasteiger partial charge >= 0.3 is 0 Å². The van der Waals surface area contributed by atoms with E-state index in [1.165, 1.54) is 0 Å². The van der Waals surface area contributed by atoms with E-state index >= 15 is 0 Å². The van der Waals surface area contributed by atoms with E-state index in [0.717, 1.165) is 12.1 Å². The second-order valence-electron chi connectivity index (χ2n) is 2.44. The number of hydrogen-bond acceptors (Lipinski definition) is 2. The van der Waals surface area contributed by atoms with Crippen LogP contribution in [0.15, 0.2) is 16.6 Å². The standard InChI is InChI=1S/C6H4BrF2NO4S2/c7-3-1-4(8)6(5(9)2-3)10(15(11)12)16(13)14/h1-2H,(H,11,12)(H,13,14). The van der Waals surface area contributed by atoms with Gasteiger partial charge in [0.15, 0.2) is 11.6 Å². The molecule has 2 N–H and O–H groups in total. The highest BCUT2D eigenvalue weighted by Crippen LogP contribution is 2.28. The molecule has 0 radical (unpaired) electrons. The molecule has 0 saturated heterocycles. The molecule has 2 atom stereocenters. The summed E-state index contributed by atoms with van der Waals surface area (Å²) in [7, 11) is 0. The molecular weight excluding hydrogens is 332 g/mol. The minimum atomic E-state index is -3.02. The fourth-order valence-corrected chi connectivity index (χ4v) is 2.42. The molecule has 0 heterocycles. The van der Waals surface area contributed by atoms with Crippen LogP contribution in [0.4, 0.5) is 14.5 Å². The van der Waals surface area contributed by atoms with Gasteiger partial charge in [0.25, 0.3) is 22.5 Å². The molecule has 5 nitrogen and oxygen atoms in total. The van der Waals surface area contributed by atoms with Crippen LogP contribution in [0.25, 0.3) is 0 Å². The molecule has 0 spiro atoms. The second-order valence-corrected chi connectivity index (χ2v) is 5.24. The van der Waals surface area contributed by atoms with Gasteiger partial charge in [-0.3, -0.25) is 9.11 Å². The lowest BCUT2D eigenvalue weighted by Gasteiger charge is -2.16. The van der Waals surface area contributed by atoms with Crippen molar-refractivity contribution in [1.82, 2.24) is 0 Å². The topological polar surface area (TPSA) is 77.8 Å². The van der Waals surface area contributed by atoms with E-state index in [1.54, 1.807) is 0 Å². The maximum absolute atomic E-state index is 13.3. The zero-order valence-corrected chi connectivity index (χ0v) is 10.5. The summed E-state index contributed by atoms with van der Waals surface area (Å²) in [6, 6.07) is 1.59. The third-order valence-electron chi connectivity index (χ3n) is 1.45. The van der Waals surface area contributed by atoms with Crippen molar-refractivity contribution in [2.75, 3.05) is 3.71 Å². The summed E-state index contributed by atoms with van der Waals surface area (Å²) in [6.07, 6.45) is 0. The van der Waals surface area contributed by atoms with Gasteiger partial charge in [-0.1, -0.05) is 15.9 Å². The molecule has 0 aliphatic carbocycles. The SMILES string of the molecule is O=S(O)N(c1c(F)cc(Br)cc1F)S(=O)O. The lowest BCUT2D eigenvalue weighted by atomic mass is 10.3. The van der Waals surface area contributed by atoms with Crippen LogP contribution < -0.4 is 3.71 Å². The largest absolute Gasteiger partial charge is 0.288 e. The predicted molar refractivity (Wildman–Crippen MR) is 58.1 cm³/mol. The van der Waals surface area contributed by atoms with Crippen molar-refractivity contribution in [3.05, 3.63) is 28.2 Å². The maximum Gasteiger partial charge on any atom is 0.276 e. The van der Waals surface area contributed by atoms with Crippen LogP contribution in [-0.4, -0.2) is 17.5 Å². The van der Waals surface area contributed by atoms with Gasteiger partial charge in [0.05, 0.1) is 0 Å². The van der Waals surface area contributed by atoms with Crippen LogP contribution in [0.3, 0.4) is 0 Å². The summed E-state index contributed by atoms with van der Waals surface area (Å²) in [5, 5.41) is 0. The van der Waals surface area contributed by atoms with Crippen LogP contribution in [-0.2, 0) is 22.5 Å². The third-order valence-corrected chi connectivity index (χ3v) is 3.60. The minimum absolute atomic E-state index is 0.0543. The van der Waals surface area contributed by atoms with Gasteiger partial charge < -0.3 is 0 Å². The normalized spacial score (nSPS) is 14.6. The number of hydrogen-bond donors (Lipinski definition) is 2. The molecule has 90 valence electrons. The number of benzene rings is 1.